The van der Waals surface area contributed by atoms with Crippen molar-refractivity contribution in [3.05, 3.63) is 28.1 Å². The highest BCUT2D eigenvalue weighted by molar-refractivity contribution is 8.00. The zero-order valence-corrected chi connectivity index (χ0v) is 11.6. The highest BCUT2D eigenvalue weighted by Gasteiger charge is 2.41. The highest BCUT2D eigenvalue weighted by atomic mass is 32.2. The molecule has 0 radical (unpaired) electrons. The van der Waals surface area contributed by atoms with Gasteiger partial charge in [0.2, 0.25) is 0 Å². The van der Waals surface area contributed by atoms with Gasteiger partial charge in [0.05, 0.1) is 23.8 Å². The summed E-state index contributed by atoms with van der Waals surface area (Å²) in [5.41, 5.74) is -0.126. The van der Waals surface area contributed by atoms with Crippen molar-refractivity contribution >= 4 is 23.1 Å². The number of methoxy groups -OCH3 is 1. The van der Waals surface area contributed by atoms with E-state index in [-0.39, 0.29) is 21.9 Å². The summed E-state index contributed by atoms with van der Waals surface area (Å²) in [5.74, 6) is -0.577. The molecule has 1 aromatic carbocycles. The molecule has 19 heavy (non-hydrogen) atoms. The SMILES string of the molecule is COc1cc(NCC2(SC)CC2)c(F)cc1[N+](=O)[O-]. The summed E-state index contributed by atoms with van der Waals surface area (Å²) in [5, 5.41) is 13.8. The molecule has 0 aromatic heterocycles. The fraction of sp³-hybridized carbons (Fsp3) is 0.500. The van der Waals surface area contributed by atoms with Gasteiger partial charge in [-0.2, -0.15) is 11.8 Å². The van der Waals surface area contributed by atoms with Gasteiger partial charge in [-0.25, -0.2) is 4.39 Å². The van der Waals surface area contributed by atoms with Crippen LogP contribution in [0.3, 0.4) is 0 Å². The van der Waals surface area contributed by atoms with E-state index in [0.29, 0.717) is 6.54 Å². The summed E-state index contributed by atoms with van der Waals surface area (Å²) in [7, 11) is 1.33. The van der Waals surface area contributed by atoms with Gasteiger partial charge in [-0.1, -0.05) is 0 Å². The molecule has 1 saturated carbocycles. The Kier molecular flexibility index (Phi) is 3.84. The zero-order chi connectivity index (χ0) is 14.0. The van der Waals surface area contributed by atoms with E-state index in [0.717, 1.165) is 18.9 Å². The molecular formula is C12H15FN2O3S. The first-order chi connectivity index (χ1) is 9.01. The minimum absolute atomic E-state index is 0.0582. The molecule has 7 heteroatoms. The second-order valence-corrected chi connectivity index (χ2v) is 5.78. The highest BCUT2D eigenvalue weighted by Crippen LogP contribution is 2.47. The molecule has 0 spiro atoms. The molecule has 0 heterocycles. The molecule has 2 rings (SSSR count). The number of ether oxygens (including phenoxy) is 1. The molecule has 1 fully saturated rings. The minimum Gasteiger partial charge on any atom is -0.490 e. The van der Waals surface area contributed by atoms with Crippen molar-refractivity contribution < 1.29 is 14.1 Å². The number of nitro benzene ring substituents is 1. The van der Waals surface area contributed by atoms with Gasteiger partial charge in [-0.3, -0.25) is 10.1 Å². The minimum atomic E-state index is -0.657. The Morgan fingerprint density at radius 2 is 2.26 bits per heavy atom. The lowest BCUT2D eigenvalue weighted by atomic mass is 10.2. The van der Waals surface area contributed by atoms with Crippen molar-refractivity contribution in [1.29, 1.82) is 0 Å². The van der Waals surface area contributed by atoms with Gasteiger partial charge in [0.25, 0.3) is 0 Å². The number of thioether (sulfide) groups is 1. The number of hydrogen-bond donors (Lipinski definition) is 1. The summed E-state index contributed by atoms with van der Waals surface area (Å²) in [6.07, 6.45) is 4.24. The van der Waals surface area contributed by atoms with Crippen LogP contribution < -0.4 is 10.1 Å². The maximum Gasteiger partial charge on any atom is 0.313 e. The monoisotopic (exact) mass is 286 g/mol. The van der Waals surface area contributed by atoms with Gasteiger partial charge in [0.15, 0.2) is 11.6 Å². The molecule has 5 nitrogen and oxygen atoms in total. The number of nitrogens with one attached hydrogen (secondary N) is 1. The first-order valence-electron chi connectivity index (χ1n) is 5.82. The van der Waals surface area contributed by atoms with E-state index in [1.165, 1.54) is 13.2 Å². The van der Waals surface area contributed by atoms with Crippen molar-refractivity contribution in [2.45, 2.75) is 17.6 Å². The van der Waals surface area contributed by atoms with Crippen molar-refractivity contribution in [3.8, 4) is 5.75 Å². The number of rotatable bonds is 6. The number of benzene rings is 1. The molecule has 0 bridgehead atoms. The fourth-order valence-corrected chi connectivity index (χ4v) is 2.56. The topological polar surface area (TPSA) is 64.4 Å². The van der Waals surface area contributed by atoms with Crippen LogP contribution in [0.15, 0.2) is 12.1 Å². The van der Waals surface area contributed by atoms with E-state index >= 15 is 0 Å². The van der Waals surface area contributed by atoms with Gasteiger partial charge in [0, 0.05) is 17.4 Å². The Bertz CT molecular complexity index is 506. The van der Waals surface area contributed by atoms with Gasteiger partial charge in [0.1, 0.15) is 0 Å². The Hall–Kier alpha value is -1.50. The Balaban J connectivity index is 2.19. The van der Waals surface area contributed by atoms with Crippen molar-refractivity contribution in [2.75, 3.05) is 25.2 Å². The number of nitrogens with zero attached hydrogens (tertiary/aromatic N) is 1. The second-order valence-electron chi connectivity index (χ2n) is 4.50. The van der Waals surface area contributed by atoms with Gasteiger partial charge in [-0.05, 0) is 19.1 Å². The van der Waals surface area contributed by atoms with E-state index in [1.54, 1.807) is 11.8 Å². The van der Waals surface area contributed by atoms with Crippen molar-refractivity contribution in [1.82, 2.24) is 0 Å². The third kappa shape index (κ3) is 2.91. The smallest absolute Gasteiger partial charge is 0.313 e. The molecular weight excluding hydrogens is 271 g/mol. The summed E-state index contributed by atoms with van der Waals surface area (Å²) in [4.78, 5) is 10.1. The van der Waals surface area contributed by atoms with Crippen LogP contribution in [0, 0.1) is 15.9 Å². The maximum atomic E-state index is 13.8. The summed E-state index contributed by atoms with van der Waals surface area (Å²) < 4.78 is 18.9. The van der Waals surface area contributed by atoms with E-state index in [1.807, 2.05) is 6.26 Å². The Morgan fingerprint density at radius 3 is 2.74 bits per heavy atom. The zero-order valence-electron chi connectivity index (χ0n) is 10.7. The summed E-state index contributed by atoms with van der Waals surface area (Å²) in [6.45, 7) is 0.645. The summed E-state index contributed by atoms with van der Waals surface area (Å²) in [6, 6.07) is 2.23. The predicted molar refractivity (Wildman–Crippen MR) is 73.6 cm³/mol. The lowest BCUT2D eigenvalue weighted by Gasteiger charge is -2.15. The largest absolute Gasteiger partial charge is 0.490 e. The van der Waals surface area contributed by atoms with Crippen LogP contribution in [-0.2, 0) is 0 Å². The van der Waals surface area contributed by atoms with Crippen LogP contribution in [0.5, 0.6) is 5.75 Å². The molecule has 0 amide bonds. The molecule has 104 valence electrons. The molecule has 1 N–H and O–H groups in total. The molecule has 0 unspecified atom stereocenters. The van der Waals surface area contributed by atoms with Gasteiger partial charge < -0.3 is 10.1 Å². The van der Waals surface area contributed by atoms with E-state index in [4.69, 9.17) is 4.74 Å². The lowest BCUT2D eigenvalue weighted by Crippen LogP contribution is -2.18. The normalized spacial score (nSPS) is 15.9. The molecule has 1 aliphatic rings. The lowest BCUT2D eigenvalue weighted by molar-refractivity contribution is -0.385. The standard InChI is InChI=1S/C12H15FN2O3S/c1-18-11-6-9(8(13)5-10(11)15(16)17)14-7-12(19-2)3-4-12/h5-6,14H,3-4,7H2,1-2H3. The maximum absolute atomic E-state index is 13.8. The van der Waals surface area contributed by atoms with Crippen molar-refractivity contribution in [2.24, 2.45) is 0 Å². The summed E-state index contributed by atoms with van der Waals surface area (Å²) >= 11 is 1.76. The molecule has 0 aliphatic heterocycles. The number of halogens is 1. The van der Waals surface area contributed by atoms with E-state index < -0.39 is 10.7 Å². The Morgan fingerprint density at radius 1 is 1.58 bits per heavy atom. The third-order valence-corrected chi connectivity index (χ3v) is 4.73. The number of nitro groups is 1. The average Bonchev–Trinajstić information content (AvgIpc) is 3.17. The van der Waals surface area contributed by atoms with Crippen LogP contribution in [0.25, 0.3) is 0 Å². The van der Waals surface area contributed by atoms with Crippen LogP contribution in [-0.4, -0.2) is 29.6 Å². The molecule has 0 atom stereocenters. The first-order valence-corrected chi connectivity index (χ1v) is 7.05. The van der Waals surface area contributed by atoms with Crippen LogP contribution in [0.2, 0.25) is 0 Å². The van der Waals surface area contributed by atoms with Gasteiger partial charge >= 0.3 is 5.69 Å². The number of anilines is 1. The molecule has 1 aromatic rings. The van der Waals surface area contributed by atoms with Crippen LogP contribution >= 0.6 is 11.8 Å². The van der Waals surface area contributed by atoms with Gasteiger partial charge in [-0.15, -0.1) is 0 Å². The third-order valence-electron chi connectivity index (χ3n) is 3.31. The van der Waals surface area contributed by atoms with E-state index in [2.05, 4.69) is 5.32 Å². The Labute approximate surface area is 114 Å². The molecule has 0 saturated heterocycles. The first kappa shape index (κ1) is 13.9. The van der Waals surface area contributed by atoms with Crippen LogP contribution in [0.1, 0.15) is 12.8 Å². The fourth-order valence-electron chi connectivity index (χ4n) is 1.83. The van der Waals surface area contributed by atoms with Crippen molar-refractivity contribution in [3.63, 3.8) is 0 Å². The predicted octanol–water partition coefficient (Wildman–Crippen LogP) is 3.05. The molecule has 1 aliphatic carbocycles. The quantitative estimate of drug-likeness (QED) is 0.643. The average molecular weight is 286 g/mol. The van der Waals surface area contributed by atoms with E-state index in [9.17, 15) is 14.5 Å². The van der Waals surface area contributed by atoms with Crippen LogP contribution in [0.4, 0.5) is 15.8 Å². The number of hydrogen-bond acceptors (Lipinski definition) is 5. The second kappa shape index (κ2) is 5.24.